The van der Waals surface area contributed by atoms with Crippen molar-refractivity contribution in [3.05, 3.63) is 29.3 Å². The first-order valence-electron chi connectivity index (χ1n) is 5.23. The van der Waals surface area contributed by atoms with Crippen LogP contribution in [0.3, 0.4) is 0 Å². The van der Waals surface area contributed by atoms with Gasteiger partial charge in [-0.1, -0.05) is 17.7 Å². The number of hydrogen-bond acceptors (Lipinski definition) is 3. The van der Waals surface area contributed by atoms with Gasteiger partial charge in [0.1, 0.15) is 0 Å². The smallest absolute Gasteiger partial charge is 0.0417 e. The molecule has 0 bridgehead atoms. The van der Waals surface area contributed by atoms with Gasteiger partial charge in [-0.3, -0.25) is 4.72 Å². The molecule has 4 heteroatoms. The highest BCUT2D eigenvalue weighted by Crippen LogP contribution is 2.19. The highest BCUT2D eigenvalue weighted by atomic mass is 35.5. The summed E-state index contributed by atoms with van der Waals surface area (Å²) < 4.78 is 3.37. The summed E-state index contributed by atoms with van der Waals surface area (Å²) in [4.78, 5) is 1.17. The topological polar surface area (TPSA) is 24.1 Å². The van der Waals surface area contributed by atoms with Crippen LogP contribution in [0, 0.1) is 0 Å². The Kier molecular flexibility index (Phi) is 4.32. The lowest BCUT2D eigenvalue weighted by Gasteiger charge is -2.10. The van der Waals surface area contributed by atoms with Crippen LogP contribution < -0.4 is 10.0 Å². The first-order valence-corrected chi connectivity index (χ1v) is 6.43. The van der Waals surface area contributed by atoms with Crippen LogP contribution in [0.2, 0.25) is 5.02 Å². The van der Waals surface area contributed by atoms with E-state index in [0.717, 1.165) is 18.1 Å². The average molecular weight is 243 g/mol. The van der Waals surface area contributed by atoms with Crippen LogP contribution in [-0.2, 0) is 0 Å². The minimum atomic E-state index is 0.636. The Morgan fingerprint density at radius 1 is 1.53 bits per heavy atom. The van der Waals surface area contributed by atoms with Crippen LogP contribution in [-0.4, -0.2) is 19.1 Å². The third-order valence-corrected chi connectivity index (χ3v) is 3.51. The van der Waals surface area contributed by atoms with Crippen LogP contribution in [0.1, 0.15) is 12.8 Å². The van der Waals surface area contributed by atoms with Crippen molar-refractivity contribution in [2.45, 2.75) is 23.8 Å². The Labute approximate surface area is 99.9 Å². The molecule has 0 radical (unpaired) electrons. The van der Waals surface area contributed by atoms with Gasteiger partial charge in [0.05, 0.1) is 0 Å². The second-order valence-electron chi connectivity index (χ2n) is 3.70. The zero-order valence-corrected chi connectivity index (χ0v) is 10.1. The number of halogens is 1. The standard InChI is InChI=1S/C11H15ClN2S/c12-9-3-1-5-11(7-9)15-14-8-10-4-2-6-13-10/h1,3,5,7,10,13-14H,2,4,6,8H2. The molecule has 0 amide bonds. The van der Waals surface area contributed by atoms with Gasteiger partial charge in [0.2, 0.25) is 0 Å². The predicted octanol–water partition coefficient (Wildman–Crippen LogP) is 2.69. The second kappa shape index (κ2) is 5.75. The Morgan fingerprint density at radius 2 is 2.47 bits per heavy atom. The van der Waals surface area contributed by atoms with Crippen LogP contribution in [0.25, 0.3) is 0 Å². The van der Waals surface area contributed by atoms with Crippen LogP contribution in [0.15, 0.2) is 29.2 Å². The maximum Gasteiger partial charge on any atom is 0.0417 e. The summed E-state index contributed by atoms with van der Waals surface area (Å²) in [5, 5.41) is 4.24. The van der Waals surface area contributed by atoms with Crippen molar-refractivity contribution in [2.75, 3.05) is 13.1 Å². The molecule has 0 aliphatic carbocycles. The molecule has 1 unspecified atom stereocenters. The van der Waals surface area contributed by atoms with E-state index in [1.807, 2.05) is 18.2 Å². The van der Waals surface area contributed by atoms with Gasteiger partial charge in [0.25, 0.3) is 0 Å². The lowest BCUT2D eigenvalue weighted by atomic mass is 10.2. The molecule has 1 aromatic rings. The van der Waals surface area contributed by atoms with Gasteiger partial charge in [-0.15, -0.1) is 0 Å². The molecule has 1 aliphatic heterocycles. The van der Waals surface area contributed by atoms with Gasteiger partial charge >= 0.3 is 0 Å². The number of hydrogen-bond donors (Lipinski definition) is 2. The molecule has 1 saturated heterocycles. The Bertz CT molecular complexity index is 313. The number of nitrogens with one attached hydrogen (secondary N) is 2. The molecule has 1 fully saturated rings. The summed E-state index contributed by atoms with van der Waals surface area (Å²) in [5.41, 5.74) is 0. The Morgan fingerprint density at radius 3 is 3.20 bits per heavy atom. The van der Waals surface area contributed by atoms with E-state index < -0.39 is 0 Å². The van der Waals surface area contributed by atoms with Crippen molar-refractivity contribution in [3.63, 3.8) is 0 Å². The largest absolute Gasteiger partial charge is 0.313 e. The van der Waals surface area contributed by atoms with E-state index in [1.54, 1.807) is 11.9 Å². The fourth-order valence-electron chi connectivity index (χ4n) is 1.69. The van der Waals surface area contributed by atoms with Crippen molar-refractivity contribution in [1.82, 2.24) is 10.0 Å². The normalized spacial score (nSPS) is 20.7. The van der Waals surface area contributed by atoms with Crippen molar-refractivity contribution in [3.8, 4) is 0 Å². The van der Waals surface area contributed by atoms with Gasteiger partial charge in [-0.2, -0.15) is 0 Å². The van der Waals surface area contributed by atoms with E-state index >= 15 is 0 Å². The second-order valence-corrected chi connectivity index (χ2v) is 5.10. The van der Waals surface area contributed by atoms with E-state index in [2.05, 4.69) is 16.1 Å². The van der Waals surface area contributed by atoms with Crippen molar-refractivity contribution in [1.29, 1.82) is 0 Å². The molecule has 0 saturated carbocycles. The summed E-state index contributed by atoms with van der Waals surface area (Å²) in [5.74, 6) is 0. The molecule has 1 atom stereocenters. The minimum Gasteiger partial charge on any atom is -0.313 e. The van der Waals surface area contributed by atoms with Crippen LogP contribution in [0.5, 0.6) is 0 Å². The van der Waals surface area contributed by atoms with E-state index in [-0.39, 0.29) is 0 Å². The summed E-state index contributed by atoms with van der Waals surface area (Å²) in [6.07, 6.45) is 2.58. The van der Waals surface area contributed by atoms with Crippen LogP contribution in [0.4, 0.5) is 0 Å². The zero-order valence-electron chi connectivity index (χ0n) is 8.50. The minimum absolute atomic E-state index is 0.636. The molecule has 2 rings (SSSR count). The Hall–Kier alpha value is -0.220. The molecule has 0 aromatic heterocycles. The molecule has 82 valence electrons. The van der Waals surface area contributed by atoms with Gasteiger partial charge < -0.3 is 5.32 Å². The Balaban J connectivity index is 1.73. The van der Waals surface area contributed by atoms with Gasteiger partial charge in [-0.25, -0.2) is 0 Å². The maximum absolute atomic E-state index is 5.90. The SMILES string of the molecule is Clc1cccc(SNCC2CCCN2)c1. The van der Waals surface area contributed by atoms with E-state index in [1.165, 1.54) is 17.7 Å². The molecular weight excluding hydrogens is 228 g/mol. The highest BCUT2D eigenvalue weighted by molar-refractivity contribution is 7.97. The van der Waals surface area contributed by atoms with Gasteiger partial charge in [0, 0.05) is 22.5 Å². The van der Waals surface area contributed by atoms with Crippen LogP contribution >= 0.6 is 23.5 Å². The molecule has 15 heavy (non-hydrogen) atoms. The zero-order chi connectivity index (χ0) is 10.5. The summed E-state index contributed by atoms with van der Waals surface area (Å²) >= 11 is 7.54. The monoisotopic (exact) mass is 242 g/mol. The van der Waals surface area contributed by atoms with E-state index in [9.17, 15) is 0 Å². The summed E-state index contributed by atoms with van der Waals surface area (Å²) in [7, 11) is 0. The predicted molar refractivity (Wildman–Crippen MR) is 66.3 cm³/mol. The molecule has 1 aromatic carbocycles. The van der Waals surface area contributed by atoms with Crippen molar-refractivity contribution < 1.29 is 0 Å². The van der Waals surface area contributed by atoms with Gasteiger partial charge in [0.15, 0.2) is 0 Å². The first-order chi connectivity index (χ1) is 7.34. The van der Waals surface area contributed by atoms with E-state index in [0.29, 0.717) is 6.04 Å². The molecular formula is C11H15ClN2S. The molecule has 2 N–H and O–H groups in total. The average Bonchev–Trinajstić information content (AvgIpc) is 2.71. The molecule has 2 nitrogen and oxygen atoms in total. The van der Waals surface area contributed by atoms with E-state index in [4.69, 9.17) is 11.6 Å². The lowest BCUT2D eigenvalue weighted by Crippen LogP contribution is -2.30. The van der Waals surface area contributed by atoms with Gasteiger partial charge in [-0.05, 0) is 49.5 Å². The summed E-state index contributed by atoms with van der Waals surface area (Å²) in [6.45, 7) is 2.17. The fourth-order valence-corrected chi connectivity index (χ4v) is 2.73. The first kappa shape index (κ1) is 11.3. The van der Waals surface area contributed by atoms with Crippen molar-refractivity contribution in [2.24, 2.45) is 0 Å². The van der Waals surface area contributed by atoms with Crippen molar-refractivity contribution >= 4 is 23.5 Å². The molecule has 0 spiro atoms. The number of benzene rings is 1. The third-order valence-electron chi connectivity index (χ3n) is 2.48. The number of rotatable bonds is 4. The third kappa shape index (κ3) is 3.68. The maximum atomic E-state index is 5.90. The molecule has 1 heterocycles. The summed E-state index contributed by atoms with van der Waals surface area (Å²) in [6, 6.07) is 8.54. The quantitative estimate of drug-likeness (QED) is 0.794. The highest BCUT2D eigenvalue weighted by Gasteiger charge is 2.12. The fraction of sp³-hybridized carbons (Fsp3) is 0.455. The lowest BCUT2D eigenvalue weighted by molar-refractivity contribution is 0.600. The molecule has 1 aliphatic rings.